The van der Waals surface area contributed by atoms with Crippen molar-refractivity contribution >= 4 is 11.9 Å². The molecule has 38 heavy (non-hydrogen) atoms. The number of hydrogen-bond donors (Lipinski definition) is 1. The molecule has 0 aromatic rings. The van der Waals surface area contributed by atoms with Gasteiger partial charge in [0.25, 0.3) is 0 Å². The van der Waals surface area contributed by atoms with Crippen LogP contribution in [-0.2, 0) is 14.3 Å². The second-order valence-electron chi connectivity index (χ2n) is 14.8. The van der Waals surface area contributed by atoms with E-state index in [0.717, 1.165) is 12.8 Å². The van der Waals surface area contributed by atoms with Crippen LogP contribution in [0.5, 0.6) is 0 Å². The molecule has 0 fully saturated rings. The topological polar surface area (TPSA) is 63.6 Å². The normalized spacial score (nSPS) is 15.6. The second kappa shape index (κ2) is 18.3. The largest absolute Gasteiger partial charge is 0.481 e. The Morgan fingerprint density at radius 1 is 0.579 bits per heavy atom. The van der Waals surface area contributed by atoms with Crippen LogP contribution in [-0.4, -0.2) is 23.7 Å². The summed E-state index contributed by atoms with van der Waals surface area (Å²) in [5, 5.41) is 10.1. The van der Waals surface area contributed by atoms with Crippen molar-refractivity contribution in [2.75, 3.05) is 6.61 Å². The molecule has 2 unspecified atom stereocenters. The maximum Gasteiger partial charge on any atom is 0.312 e. The monoisotopic (exact) mass is 538 g/mol. The van der Waals surface area contributed by atoms with Gasteiger partial charge in [0.2, 0.25) is 0 Å². The molecule has 0 rings (SSSR count). The molecule has 0 saturated carbocycles. The molecule has 0 aliphatic rings. The lowest BCUT2D eigenvalue weighted by molar-refractivity contribution is -0.170. The Labute approximate surface area is 237 Å². The quantitative estimate of drug-likeness (QED) is 0.110. The molecule has 226 valence electrons. The fourth-order valence-electron chi connectivity index (χ4n) is 5.78. The van der Waals surface area contributed by atoms with E-state index in [0.29, 0.717) is 13.0 Å². The Morgan fingerprint density at radius 3 is 1.26 bits per heavy atom. The Bertz CT molecular complexity index is 642. The molecule has 4 heteroatoms. The van der Waals surface area contributed by atoms with Gasteiger partial charge in [0.1, 0.15) is 0 Å². The minimum atomic E-state index is -0.993. The molecule has 4 nitrogen and oxygen atoms in total. The zero-order valence-electron chi connectivity index (χ0n) is 27.1. The van der Waals surface area contributed by atoms with Crippen LogP contribution in [0.3, 0.4) is 0 Å². The molecule has 0 bridgehead atoms. The van der Waals surface area contributed by atoms with Gasteiger partial charge in [0.15, 0.2) is 0 Å². The number of esters is 1. The zero-order chi connectivity index (χ0) is 29.3. The van der Waals surface area contributed by atoms with Crippen molar-refractivity contribution < 1.29 is 19.4 Å². The van der Waals surface area contributed by atoms with Crippen molar-refractivity contribution in [3.8, 4) is 0 Å². The van der Waals surface area contributed by atoms with Crippen LogP contribution in [0.2, 0.25) is 0 Å². The van der Waals surface area contributed by atoms with Crippen molar-refractivity contribution in [1.29, 1.82) is 0 Å². The molecule has 0 saturated heterocycles. The predicted molar refractivity (Wildman–Crippen MR) is 162 cm³/mol. The first-order valence-corrected chi connectivity index (χ1v) is 16.0. The molecule has 0 aliphatic heterocycles. The third-order valence-corrected chi connectivity index (χ3v) is 8.52. The lowest BCUT2D eigenvalue weighted by Gasteiger charge is -2.45. The van der Waals surface area contributed by atoms with Gasteiger partial charge in [0.05, 0.1) is 17.4 Å². The van der Waals surface area contributed by atoms with Crippen LogP contribution in [0.4, 0.5) is 0 Å². The van der Waals surface area contributed by atoms with Gasteiger partial charge in [-0.15, -0.1) is 0 Å². The number of carbonyl (C=O) groups excluding carboxylic acids is 1. The Hall–Kier alpha value is -1.06. The van der Waals surface area contributed by atoms with E-state index >= 15 is 0 Å². The van der Waals surface area contributed by atoms with Gasteiger partial charge in [-0.1, -0.05) is 145 Å². The summed E-state index contributed by atoms with van der Waals surface area (Å²) in [6, 6.07) is 0. The summed E-state index contributed by atoms with van der Waals surface area (Å²) in [4.78, 5) is 25.6. The van der Waals surface area contributed by atoms with E-state index in [1.165, 1.54) is 89.9 Å². The standard InChI is InChI=1S/C34H66O4/c1-10-11-12-13-14-15-16-17-18-19-20-21-22-23-24-25-26-38-30(37)34(9,32(5,6)7)28-33(8,29(35)36)27-31(2,3)4/h10-28H2,1-9H3,(H,35,36). The third kappa shape index (κ3) is 15.5. The van der Waals surface area contributed by atoms with E-state index in [4.69, 9.17) is 4.74 Å². The first-order valence-electron chi connectivity index (χ1n) is 16.0. The van der Waals surface area contributed by atoms with Crippen LogP contribution in [0, 0.1) is 21.7 Å². The molecular formula is C34H66O4. The van der Waals surface area contributed by atoms with Crippen molar-refractivity contribution in [3.63, 3.8) is 0 Å². The van der Waals surface area contributed by atoms with Crippen molar-refractivity contribution in [2.45, 2.75) is 178 Å². The van der Waals surface area contributed by atoms with E-state index in [2.05, 4.69) is 27.7 Å². The molecule has 0 aromatic carbocycles. The second-order valence-corrected chi connectivity index (χ2v) is 14.8. The number of aliphatic carboxylic acids is 1. The summed E-state index contributed by atoms with van der Waals surface area (Å²) in [6.45, 7) is 18.6. The number of carboxylic acid groups (broad SMARTS) is 1. The number of carbonyl (C=O) groups is 2. The summed E-state index contributed by atoms with van der Waals surface area (Å²) in [7, 11) is 0. The predicted octanol–water partition coefficient (Wildman–Crippen LogP) is 10.8. The van der Waals surface area contributed by atoms with E-state index < -0.39 is 22.2 Å². The first kappa shape index (κ1) is 36.9. The highest BCUT2D eigenvalue weighted by molar-refractivity contribution is 5.80. The van der Waals surface area contributed by atoms with E-state index in [-0.39, 0.29) is 17.8 Å². The lowest BCUT2D eigenvalue weighted by Crippen LogP contribution is -2.48. The summed E-state index contributed by atoms with van der Waals surface area (Å²) < 4.78 is 5.78. The molecule has 0 radical (unpaired) electrons. The van der Waals surface area contributed by atoms with Crippen LogP contribution in [0.15, 0.2) is 0 Å². The fraction of sp³-hybridized carbons (Fsp3) is 0.941. The van der Waals surface area contributed by atoms with Crippen molar-refractivity contribution in [3.05, 3.63) is 0 Å². The molecule has 0 amide bonds. The molecular weight excluding hydrogens is 472 g/mol. The zero-order valence-corrected chi connectivity index (χ0v) is 27.1. The van der Waals surface area contributed by atoms with Crippen LogP contribution in [0.1, 0.15) is 178 Å². The average molecular weight is 539 g/mol. The highest BCUT2D eigenvalue weighted by atomic mass is 16.5. The van der Waals surface area contributed by atoms with E-state index in [9.17, 15) is 14.7 Å². The van der Waals surface area contributed by atoms with Gasteiger partial charge >= 0.3 is 11.9 Å². The minimum absolute atomic E-state index is 0.149. The van der Waals surface area contributed by atoms with E-state index in [1.54, 1.807) is 6.92 Å². The summed E-state index contributed by atoms with van der Waals surface area (Å²) >= 11 is 0. The lowest BCUT2D eigenvalue weighted by atomic mass is 9.58. The third-order valence-electron chi connectivity index (χ3n) is 8.52. The van der Waals surface area contributed by atoms with Crippen molar-refractivity contribution in [1.82, 2.24) is 0 Å². The fourth-order valence-corrected chi connectivity index (χ4v) is 5.78. The molecule has 0 aromatic heterocycles. The Balaban J connectivity index is 4.25. The molecule has 0 heterocycles. The molecule has 1 N–H and O–H groups in total. The van der Waals surface area contributed by atoms with Crippen LogP contribution >= 0.6 is 0 Å². The van der Waals surface area contributed by atoms with Gasteiger partial charge in [-0.25, -0.2) is 0 Å². The number of ether oxygens (including phenoxy) is 1. The summed E-state index contributed by atoms with van der Waals surface area (Å²) in [5.74, 6) is -1.10. The smallest absolute Gasteiger partial charge is 0.312 e. The Morgan fingerprint density at radius 2 is 0.947 bits per heavy atom. The highest BCUT2D eigenvalue weighted by Crippen LogP contribution is 2.50. The molecule has 0 spiro atoms. The minimum Gasteiger partial charge on any atom is -0.481 e. The average Bonchev–Trinajstić information content (AvgIpc) is 2.78. The van der Waals surface area contributed by atoms with Crippen LogP contribution < -0.4 is 0 Å². The maximum atomic E-state index is 13.3. The number of carboxylic acids is 1. The highest BCUT2D eigenvalue weighted by Gasteiger charge is 2.52. The van der Waals surface area contributed by atoms with Gasteiger partial charge < -0.3 is 9.84 Å². The van der Waals surface area contributed by atoms with E-state index in [1.807, 2.05) is 27.7 Å². The summed E-state index contributed by atoms with van der Waals surface area (Å²) in [5.41, 5.74) is -2.43. The Kier molecular flexibility index (Phi) is 17.8. The number of rotatable bonds is 22. The maximum absolute atomic E-state index is 13.3. The number of unbranched alkanes of at least 4 members (excludes halogenated alkanes) is 15. The number of hydrogen-bond acceptors (Lipinski definition) is 3. The first-order chi connectivity index (χ1) is 17.6. The molecule has 2 atom stereocenters. The van der Waals surface area contributed by atoms with Crippen LogP contribution in [0.25, 0.3) is 0 Å². The van der Waals surface area contributed by atoms with Crippen molar-refractivity contribution in [2.24, 2.45) is 21.7 Å². The van der Waals surface area contributed by atoms with Gasteiger partial charge in [-0.05, 0) is 43.9 Å². The van der Waals surface area contributed by atoms with Gasteiger partial charge in [0, 0.05) is 0 Å². The molecule has 0 aliphatic carbocycles. The SMILES string of the molecule is CCCCCCCCCCCCCCCCCCOC(=O)C(C)(CC(C)(CC(C)(C)C)C(=O)O)C(C)(C)C. The van der Waals surface area contributed by atoms with Gasteiger partial charge in [-0.2, -0.15) is 0 Å². The summed E-state index contributed by atoms with van der Waals surface area (Å²) in [6.07, 6.45) is 21.8. The van der Waals surface area contributed by atoms with Gasteiger partial charge in [-0.3, -0.25) is 9.59 Å².